The number of likely N-dealkylation sites (tertiary alicyclic amines) is 1. The van der Waals surface area contributed by atoms with Crippen LogP contribution in [-0.4, -0.2) is 36.4 Å². The first-order valence-corrected chi connectivity index (χ1v) is 7.94. The predicted molar refractivity (Wildman–Crippen MR) is 105 cm³/mol. The van der Waals surface area contributed by atoms with E-state index in [-0.39, 0.29) is 36.4 Å². The summed E-state index contributed by atoms with van der Waals surface area (Å²) in [5, 5.41) is 2.80. The van der Waals surface area contributed by atoms with Gasteiger partial charge in [-0.3, -0.25) is 4.79 Å². The lowest BCUT2D eigenvalue weighted by Gasteiger charge is -2.30. The molecule has 22 heavy (non-hydrogen) atoms. The van der Waals surface area contributed by atoms with E-state index in [2.05, 4.69) is 33.2 Å². The van der Waals surface area contributed by atoms with Crippen LogP contribution in [0.15, 0.2) is 33.7 Å². The molecule has 1 aliphatic rings. The number of piperidine rings is 1. The van der Waals surface area contributed by atoms with Gasteiger partial charge in [0.25, 0.3) is 0 Å². The maximum atomic E-state index is 11.9. The molecule has 0 bridgehead atoms. The van der Waals surface area contributed by atoms with Gasteiger partial charge in [0.05, 0.1) is 0 Å². The lowest BCUT2D eigenvalue weighted by Crippen LogP contribution is -2.42. The molecule has 0 aromatic heterocycles. The van der Waals surface area contributed by atoms with Gasteiger partial charge >= 0.3 is 0 Å². The van der Waals surface area contributed by atoms with Crippen LogP contribution in [0.2, 0.25) is 0 Å². The molecule has 1 heterocycles. The van der Waals surface area contributed by atoms with Crippen molar-refractivity contribution in [2.75, 3.05) is 25.0 Å². The van der Waals surface area contributed by atoms with Gasteiger partial charge in [0.2, 0.25) is 5.91 Å². The molecule has 0 radical (unpaired) electrons. The first kappa shape index (κ1) is 19.2. The minimum atomic E-state index is -0.165. The molecule has 1 aliphatic heterocycles. The number of aliphatic imine (C=N–C) groups is 1. The molecule has 1 fully saturated rings. The number of carbonyl (C=O) groups is 1. The van der Waals surface area contributed by atoms with Crippen LogP contribution >= 0.6 is 39.9 Å². The summed E-state index contributed by atoms with van der Waals surface area (Å²) in [6, 6.07) is 7.45. The molecule has 2 rings (SSSR count). The number of hydrogen-bond donors (Lipinski definition) is 2. The quantitative estimate of drug-likeness (QED) is 0.397. The Morgan fingerprint density at radius 2 is 2.14 bits per heavy atom. The van der Waals surface area contributed by atoms with Crippen molar-refractivity contribution in [1.82, 2.24) is 4.90 Å². The monoisotopic (exact) mass is 480 g/mol. The fraction of sp³-hybridized carbons (Fsp3) is 0.467. The van der Waals surface area contributed by atoms with E-state index < -0.39 is 0 Å². The summed E-state index contributed by atoms with van der Waals surface area (Å²) in [6.45, 7) is 4.13. The third kappa shape index (κ3) is 6.12. The number of anilines is 1. The largest absolute Gasteiger partial charge is 0.370 e. The van der Waals surface area contributed by atoms with E-state index in [0.29, 0.717) is 5.96 Å². The fourth-order valence-corrected chi connectivity index (χ4v) is 2.66. The number of hydrogen-bond acceptors (Lipinski definition) is 2. The second-order valence-corrected chi connectivity index (χ2v) is 6.32. The third-order valence-electron chi connectivity index (χ3n) is 3.60. The Balaban J connectivity index is 0.00000242. The summed E-state index contributed by atoms with van der Waals surface area (Å²) in [4.78, 5) is 18.1. The number of nitrogens with one attached hydrogen (secondary N) is 1. The molecule has 0 unspecified atom stereocenters. The Morgan fingerprint density at radius 1 is 1.45 bits per heavy atom. The Kier molecular flexibility index (Phi) is 8.16. The number of benzene rings is 1. The average molecular weight is 481 g/mol. The topological polar surface area (TPSA) is 70.7 Å². The van der Waals surface area contributed by atoms with Crippen molar-refractivity contribution in [2.24, 2.45) is 16.6 Å². The average Bonchev–Trinajstić information content (AvgIpc) is 2.45. The highest BCUT2D eigenvalue weighted by Gasteiger charge is 2.17. The molecule has 1 aromatic rings. The first-order chi connectivity index (χ1) is 10.0. The summed E-state index contributed by atoms with van der Waals surface area (Å²) in [7, 11) is 0. The SMILES string of the molecule is CC1CCN(C(N)=NCC(=O)Nc2cccc(Br)c2)CC1.I. The Hall–Kier alpha value is -0.830. The number of guanidine groups is 1. The Labute approximate surface area is 156 Å². The molecule has 122 valence electrons. The van der Waals surface area contributed by atoms with Crippen LogP contribution in [0.4, 0.5) is 5.69 Å². The van der Waals surface area contributed by atoms with Crippen molar-refractivity contribution in [2.45, 2.75) is 19.8 Å². The standard InChI is InChI=1S/C15H21BrN4O.HI/c1-11-5-7-20(8-6-11)15(17)18-10-14(21)19-13-4-2-3-12(16)9-13;/h2-4,9,11H,5-8,10H2,1H3,(H2,17,18)(H,19,21);1H. The second kappa shape index (κ2) is 9.34. The maximum Gasteiger partial charge on any atom is 0.246 e. The number of rotatable bonds is 3. The van der Waals surface area contributed by atoms with Crippen LogP contribution in [-0.2, 0) is 4.79 Å². The van der Waals surface area contributed by atoms with E-state index in [0.717, 1.165) is 42.0 Å². The zero-order chi connectivity index (χ0) is 15.2. The summed E-state index contributed by atoms with van der Waals surface area (Å²) < 4.78 is 0.922. The highest BCUT2D eigenvalue weighted by atomic mass is 127. The zero-order valence-corrected chi connectivity index (χ0v) is 16.5. The van der Waals surface area contributed by atoms with Gasteiger partial charge in [-0.05, 0) is 37.0 Å². The van der Waals surface area contributed by atoms with Gasteiger partial charge in [-0.1, -0.05) is 28.9 Å². The number of carbonyl (C=O) groups excluding carboxylic acids is 1. The van der Waals surface area contributed by atoms with Gasteiger partial charge in [-0.25, -0.2) is 4.99 Å². The second-order valence-electron chi connectivity index (χ2n) is 5.40. The van der Waals surface area contributed by atoms with Crippen LogP contribution in [0, 0.1) is 5.92 Å². The van der Waals surface area contributed by atoms with Gasteiger partial charge in [-0.2, -0.15) is 0 Å². The molecular weight excluding hydrogens is 459 g/mol. The molecule has 0 spiro atoms. The Bertz CT molecular complexity index is 530. The van der Waals surface area contributed by atoms with E-state index >= 15 is 0 Å². The van der Waals surface area contributed by atoms with Gasteiger partial charge in [0, 0.05) is 23.2 Å². The molecular formula is C15H22BrIN4O. The van der Waals surface area contributed by atoms with Crippen LogP contribution in [0.1, 0.15) is 19.8 Å². The van der Waals surface area contributed by atoms with Crippen molar-refractivity contribution in [3.8, 4) is 0 Å². The van der Waals surface area contributed by atoms with Crippen LogP contribution in [0.25, 0.3) is 0 Å². The molecule has 0 atom stereocenters. The summed E-state index contributed by atoms with van der Waals surface area (Å²) in [6.07, 6.45) is 2.25. The first-order valence-electron chi connectivity index (χ1n) is 7.15. The summed E-state index contributed by atoms with van der Waals surface area (Å²) in [5.74, 6) is 1.04. The van der Waals surface area contributed by atoms with Gasteiger partial charge in [0.15, 0.2) is 5.96 Å². The number of nitrogens with zero attached hydrogens (tertiary/aromatic N) is 2. The smallest absolute Gasteiger partial charge is 0.246 e. The molecule has 1 amide bonds. The van der Waals surface area contributed by atoms with E-state index in [1.165, 1.54) is 0 Å². The van der Waals surface area contributed by atoms with Crippen LogP contribution < -0.4 is 11.1 Å². The fourth-order valence-electron chi connectivity index (χ4n) is 2.26. The highest BCUT2D eigenvalue weighted by molar-refractivity contribution is 14.0. The molecule has 3 N–H and O–H groups in total. The van der Waals surface area contributed by atoms with E-state index in [4.69, 9.17) is 5.73 Å². The number of nitrogens with two attached hydrogens (primary N) is 1. The normalized spacial score (nSPS) is 16.1. The van der Waals surface area contributed by atoms with Crippen molar-refractivity contribution in [1.29, 1.82) is 0 Å². The minimum Gasteiger partial charge on any atom is -0.370 e. The Morgan fingerprint density at radius 3 is 2.77 bits per heavy atom. The van der Waals surface area contributed by atoms with Crippen molar-refractivity contribution in [3.63, 3.8) is 0 Å². The number of halogens is 2. The maximum absolute atomic E-state index is 11.9. The van der Waals surface area contributed by atoms with Gasteiger partial charge < -0.3 is 16.0 Å². The molecule has 5 nitrogen and oxygen atoms in total. The van der Waals surface area contributed by atoms with E-state index in [9.17, 15) is 4.79 Å². The van der Waals surface area contributed by atoms with Gasteiger partial charge in [0.1, 0.15) is 6.54 Å². The van der Waals surface area contributed by atoms with Crippen molar-refractivity contribution < 1.29 is 4.79 Å². The summed E-state index contributed by atoms with van der Waals surface area (Å²) in [5.41, 5.74) is 6.69. The van der Waals surface area contributed by atoms with Crippen LogP contribution in [0.3, 0.4) is 0 Å². The zero-order valence-electron chi connectivity index (χ0n) is 12.6. The molecule has 1 saturated heterocycles. The number of amides is 1. The van der Waals surface area contributed by atoms with Crippen molar-refractivity contribution in [3.05, 3.63) is 28.7 Å². The van der Waals surface area contributed by atoms with E-state index in [1.54, 1.807) is 0 Å². The molecule has 7 heteroatoms. The predicted octanol–water partition coefficient (Wildman–Crippen LogP) is 3.05. The highest BCUT2D eigenvalue weighted by Crippen LogP contribution is 2.16. The minimum absolute atomic E-state index is 0. The van der Waals surface area contributed by atoms with E-state index in [1.807, 2.05) is 29.2 Å². The lowest BCUT2D eigenvalue weighted by molar-refractivity contribution is -0.114. The van der Waals surface area contributed by atoms with Gasteiger partial charge in [-0.15, -0.1) is 24.0 Å². The molecule has 0 aliphatic carbocycles. The molecule has 0 saturated carbocycles. The summed E-state index contributed by atoms with van der Waals surface area (Å²) >= 11 is 3.37. The molecule has 1 aromatic carbocycles. The lowest BCUT2D eigenvalue weighted by atomic mass is 10.00. The third-order valence-corrected chi connectivity index (χ3v) is 4.09. The van der Waals surface area contributed by atoms with Crippen molar-refractivity contribution >= 4 is 57.5 Å². The van der Waals surface area contributed by atoms with Crippen LogP contribution in [0.5, 0.6) is 0 Å².